The Balaban J connectivity index is 2.80. The van der Waals surface area contributed by atoms with E-state index in [0.717, 1.165) is 12.8 Å². The molecular weight excluding hydrogens is 218 g/mol. The highest BCUT2D eigenvalue weighted by Crippen LogP contribution is 2.24. The van der Waals surface area contributed by atoms with Crippen LogP contribution < -0.4 is 0 Å². The highest BCUT2D eigenvalue weighted by atomic mass is 16.4. The summed E-state index contributed by atoms with van der Waals surface area (Å²) in [7, 11) is 2.05. The van der Waals surface area contributed by atoms with Crippen LogP contribution in [0.2, 0.25) is 0 Å². The van der Waals surface area contributed by atoms with Crippen LogP contribution in [0.25, 0.3) is 0 Å². The number of hydrogen-bond acceptors (Lipinski definition) is 3. The summed E-state index contributed by atoms with van der Waals surface area (Å²) in [5, 5.41) is 8.81. The molecule has 1 N–H and O–H groups in total. The zero-order valence-electron chi connectivity index (χ0n) is 10.9. The summed E-state index contributed by atoms with van der Waals surface area (Å²) in [6, 6.07) is 3.83. The minimum absolute atomic E-state index is 0.00444. The SMILES string of the molecule is CCC(CC)N(C)C(C)c1ccc(C(=O)O)o1. The molecule has 0 amide bonds. The molecule has 1 atom stereocenters. The molecule has 0 saturated carbocycles. The van der Waals surface area contributed by atoms with Gasteiger partial charge in [0.15, 0.2) is 0 Å². The fourth-order valence-corrected chi connectivity index (χ4v) is 2.07. The maximum Gasteiger partial charge on any atom is 0.371 e. The molecule has 96 valence electrons. The minimum Gasteiger partial charge on any atom is -0.475 e. The largest absolute Gasteiger partial charge is 0.475 e. The van der Waals surface area contributed by atoms with Crippen molar-refractivity contribution in [1.29, 1.82) is 0 Å². The van der Waals surface area contributed by atoms with Gasteiger partial charge in [-0.1, -0.05) is 13.8 Å². The third-order valence-corrected chi connectivity index (χ3v) is 3.38. The molecule has 1 rings (SSSR count). The Labute approximate surface area is 102 Å². The highest BCUT2D eigenvalue weighted by molar-refractivity contribution is 5.84. The van der Waals surface area contributed by atoms with E-state index in [1.807, 2.05) is 14.0 Å². The highest BCUT2D eigenvalue weighted by Gasteiger charge is 2.21. The topological polar surface area (TPSA) is 53.7 Å². The van der Waals surface area contributed by atoms with E-state index in [9.17, 15) is 4.79 Å². The number of aromatic carboxylic acids is 1. The van der Waals surface area contributed by atoms with Gasteiger partial charge in [0.05, 0.1) is 6.04 Å². The van der Waals surface area contributed by atoms with Crippen LogP contribution >= 0.6 is 0 Å². The Morgan fingerprint density at radius 1 is 1.41 bits per heavy atom. The van der Waals surface area contributed by atoms with Crippen molar-refractivity contribution in [3.63, 3.8) is 0 Å². The van der Waals surface area contributed by atoms with E-state index in [2.05, 4.69) is 18.7 Å². The van der Waals surface area contributed by atoms with Crippen LogP contribution in [0.1, 0.15) is 56.0 Å². The molecule has 1 heterocycles. The molecule has 0 saturated heterocycles. The smallest absolute Gasteiger partial charge is 0.371 e. The third-order valence-electron chi connectivity index (χ3n) is 3.38. The summed E-state index contributed by atoms with van der Waals surface area (Å²) < 4.78 is 5.33. The first-order valence-corrected chi connectivity index (χ1v) is 6.06. The molecule has 17 heavy (non-hydrogen) atoms. The van der Waals surface area contributed by atoms with Gasteiger partial charge in [-0.25, -0.2) is 4.79 Å². The minimum atomic E-state index is -1.02. The second-order valence-corrected chi connectivity index (χ2v) is 4.32. The number of nitrogens with zero attached hydrogens (tertiary/aromatic N) is 1. The van der Waals surface area contributed by atoms with Crippen molar-refractivity contribution < 1.29 is 14.3 Å². The molecule has 4 nitrogen and oxygen atoms in total. The second-order valence-electron chi connectivity index (χ2n) is 4.32. The summed E-state index contributed by atoms with van der Waals surface area (Å²) in [5.74, 6) is -0.310. The first-order chi connectivity index (χ1) is 8.01. The Hall–Kier alpha value is -1.29. The lowest BCUT2D eigenvalue weighted by Crippen LogP contribution is -2.32. The Morgan fingerprint density at radius 3 is 2.41 bits per heavy atom. The van der Waals surface area contributed by atoms with Crippen LogP contribution in [0.4, 0.5) is 0 Å². The molecular formula is C13H21NO3. The molecule has 0 fully saturated rings. The van der Waals surface area contributed by atoms with Gasteiger partial charge in [0.25, 0.3) is 0 Å². The van der Waals surface area contributed by atoms with E-state index < -0.39 is 5.97 Å². The predicted octanol–water partition coefficient (Wildman–Crippen LogP) is 3.16. The zero-order chi connectivity index (χ0) is 13.0. The van der Waals surface area contributed by atoms with Gasteiger partial charge < -0.3 is 9.52 Å². The monoisotopic (exact) mass is 239 g/mol. The lowest BCUT2D eigenvalue weighted by molar-refractivity contribution is 0.0654. The maximum atomic E-state index is 10.7. The number of carboxylic acids is 1. The summed E-state index contributed by atoms with van der Waals surface area (Å²) in [6.07, 6.45) is 2.15. The summed E-state index contributed by atoms with van der Waals surface area (Å²) in [5.41, 5.74) is 0. The van der Waals surface area contributed by atoms with Crippen LogP contribution in [0.5, 0.6) is 0 Å². The zero-order valence-corrected chi connectivity index (χ0v) is 10.9. The normalized spacial score (nSPS) is 13.3. The maximum absolute atomic E-state index is 10.7. The number of furan rings is 1. The van der Waals surface area contributed by atoms with Gasteiger partial charge in [-0.3, -0.25) is 4.90 Å². The van der Waals surface area contributed by atoms with E-state index in [1.165, 1.54) is 6.07 Å². The average molecular weight is 239 g/mol. The molecule has 1 unspecified atom stereocenters. The van der Waals surface area contributed by atoms with E-state index in [0.29, 0.717) is 11.8 Å². The van der Waals surface area contributed by atoms with Crippen molar-refractivity contribution in [3.8, 4) is 0 Å². The molecule has 4 heteroatoms. The molecule has 0 aromatic carbocycles. The van der Waals surface area contributed by atoms with E-state index in [4.69, 9.17) is 9.52 Å². The van der Waals surface area contributed by atoms with Crippen LogP contribution in [-0.2, 0) is 0 Å². The van der Waals surface area contributed by atoms with Gasteiger partial charge in [-0.2, -0.15) is 0 Å². The van der Waals surface area contributed by atoms with E-state index >= 15 is 0 Å². The van der Waals surface area contributed by atoms with E-state index in [-0.39, 0.29) is 11.8 Å². The van der Waals surface area contributed by atoms with Crippen LogP contribution in [0.3, 0.4) is 0 Å². The van der Waals surface area contributed by atoms with Crippen LogP contribution in [-0.4, -0.2) is 29.1 Å². The molecule has 1 aromatic heterocycles. The predicted molar refractivity (Wildman–Crippen MR) is 66.2 cm³/mol. The summed E-state index contributed by atoms with van der Waals surface area (Å²) in [4.78, 5) is 13.0. The fraction of sp³-hybridized carbons (Fsp3) is 0.615. The van der Waals surface area contributed by atoms with Gasteiger partial charge >= 0.3 is 5.97 Å². The summed E-state index contributed by atoms with van der Waals surface area (Å²) in [6.45, 7) is 6.34. The molecule has 0 radical (unpaired) electrons. The van der Waals surface area contributed by atoms with Gasteiger partial charge in [0.1, 0.15) is 5.76 Å². The quantitative estimate of drug-likeness (QED) is 0.828. The first-order valence-electron chi connectivity index (χ1n) is 6.06. The number of carbonyl (C=O) groups is 1. The molecule has 0 aliphatic heterocycles. The third kappa shape index (κ3) is 3.09. The van der Waals surface area contributed by atoms with Crippen molar-refractivity contribution in [3.05, 3.63) is 23.7 Å². The van der Waals surface area contributed by atoms with Gasteiger partial charge in [-0.05, 0) is 38.9 Å². The average Bonchev–Trinajstić information content (AvgIpc) is 2.78. The number of hydrogen-bond donors (Lipinski definition) is 1. The Morgan fingerprint density at radius 2 is 2.00 bits per heavy atom. The van der Waals surface area contributed by atoms with Gasteiger partial charge in [-0.15, -0.1) is 0 Å². The molecule has 0 spiro atoms. The Bertz CT molecular complexity index is 368. The fourth-order valence-electron chi connectivity index (χ4n) is 2.07. The Kier molecular flexibility index (Phi) is 4.75. The van der Waals surface area contributed by atoms with Crippen molar-refractivity contribution in [2.45, 2.75) is 45.7 Å². The van der Waals surface area contributed by atoms with Crippen molar-refractivity contribution >= 4 is 5.97 Å². The molecule has 0 aliphatic carbocycles. The van der Waals surface area contributed by atoms with Crippen molar-refractivity contribution in [1.82, 2.24) is 4.90 Å². The van der Waals surface area contributed by atoms with Gasteiger partial charge in [0.2, 0.25) is 5.76 Å². The molecule has 0 bridgehead atoms. The number of carboxylic acid groups (broad SMARTS) is 1. The van der Waals surface area contributed by atoms with Crippen LogP contribution in [0, 0.1) is 0 Å². The molecule has 1 aromatic rings. The lowest BCUT2D eigenvalue weighted by atomic mass is 10.1. The van der Waals surface area contributed by atoms with Crippen LogP contribution in [0.15, 0.2) is 16.5 Å². The number of rotatable bonds is 6. The first kappa shape index (κ1) is 13.8. The standard InChI is InChI=1S/C13H21NO3/c1-5-10(6-2)14(4)9(3)11-7-8-12(17-11)13(15)16/h7-10H,5-6H2,1-4H3,(H,15,16). The van der Waals surface area contributed by atoms with Crippen molar-refractivity contribution in [2.75, 3.05) is 7.05 Å². The lowest BCUT2D eigenvalue weighted by Gasteiger charge is -2.30. The van der Waals surface area contributed by atoms with Crippen molar-refractivity contribution in [2.24, 2.45) is 0 Å². The van der Waals surface area contributed by atoms with Gasteiger partial charge in [0, 0.05) is 6.04 Å². The second kappa shape index (κ2) is 5.87. The van der Waals surface area contributed by atoms with E-state index in [1.54, 1.807) is 6.07 Å². The summed E-state index contributed by atoms with van der Waals surface area (Å²) >= 11 is 0. The molecule has 0 aliphatic rings.